The number of aliphatic hydroxyl groups is 1. The van der Waals surface area contributed by atoms with Crippen molar-refractivity contribution in [3.05, 3.63) is 0 Å². The first-order chi connectivity index (χ1) is 9.38. The first-order valence-corrected chi connectivity index (χ1v) is 7.25. The number of carboxylic acid groups (broad SMARTS) is 1. The van der Waals surface area contributed by atoms with E-state index in [1.54, 1.807) is 4.90 Å². The zero-order chi connectivity index (χ0) is 15.5. The zero-order valence-corrected chi connectivity index (χ0v) is 12.8. The second-order valence-corrected chi connectivity index (χ2v) is 5.42. The van der Waals surface area contributed by atoms with Gasteiger partial charge < -0.3 is 20.4 Å². The van der Waals surface area contributed by atoms with Crippen LogP contribution in [0, 0.1) is 5.92 Å². The summed E-state index contributed by atoms with van der Waals surface area (Å²) in [6.07, 6.45) is 2.14. The van der Waals surface area contributed by atoms with Gasteiger partial charge in [0.1, 0.15) is 0 Å². The van der Waals surface area contributed by atoms with Gasteiger partial charge in [0.2, 0.25) is 0 Å². The summed E-state index contributed by atoms with van der Waals surface area (Å²) in [5.74, 6) is -0.507. The second-order valence-electron chi connectivity index (χ2n) is 5.42. The summed E-state index contributed by atoms with van der Waals surface area (Å²) < 4.78 is 0. The molecule has 6 nitrogen and oxygen atoms in total. The highest BCUT2D eigenvalue weighted by Gasteiger charge is 2.16. The van der Waals surface area contributed by atoms with Crippen molar-refractivity contribution < 1.29 is 19.8 Å². The largest absolute Gasteiger partial charge is 0.481 e. The van der Waals surface area contributed by atoms with Crippen LogP contribution in [0.1, 0.15) is 46.5 Å². The van der Waals surface area contributed by atoms with Gasteiger partial charge in [0, 0.05) is 32.2 Å². The van der Waals surface area contributed by atoms with E-state index in [1.165, 1.54) is 0 Å². The summed E-state index contributed by atoms with van der Waals surface area (Å²) >= 11 is 0. The highest BCUT2D eigenvalue weighted by atomic mass is 16.4. The minimum atomic E-state index is -0.782. The van der Waals surface area contributed by atoms with Crippen molar-refractivity contribution in [1.82, 2.24) is 10.2 Å². The second kappa shape index (κ2) is 10.5. The van der Waals surface area contributed by atoms with Gasteiger partial charge in [-0.2, -0.15) is 0 Å². The SMILES string of the molecule is CC(CCNC(=O)N(CCCO)C(C)C)CCC(=O)O. The van der Waals surface area contributed by atoms with Crippen molar-refractivity contribution >= 4 is 12.0 Å². The average molecular weight is 288 g/mol. The molecule has 0 aromatic heterocycles. The first kappa shape index (κ1) is 18.7. The van der Waals surface area contributed by atoms with Gasteiger partial charge in [-0.3, -0.25) is 4.79 Å². The van der Waals surface area contributed by atoms with Crippen LogP contribution in [0.15, 0.2) is 0 Å². The Morgan fingerprint density at radius 1 is 1.20 bits per heavy atom. The number of nitrogens with one attached hydrogen (secondary N) is 1. The third-order valence-corrected chi connectivity index (χ3v) is 3.21. The Balaban J connectivity index is 3.96. The molecule has 0 saturated carbocycles. The molecule has 0 rings (SSSR count). The molecule has 0 radical (unpaired) electrons. The topological polar surface area (TPSA) is 89.9 Å². The molecule has 0 aliphatic carbocycles. The monoisotopic (exact) mass is 288 g/mol. The molecule has 0 aromatic carbocycles. The van der Waals surface area contributed by atoms with Crippen molar-refractivity contribution in [3.63, 3.8) is 0 Å². The number of carbonyl (C=O) groups is 2. The molecule has 0 heterocycles. The number of carboxylic acids is 1. The van der Waals surface area contributed by atoms with Gasteiger partial charge >= 0.3 is 12.0 Å². The zero-order valence-electron chi connectivity index (χ0n) is 12.8. The number of aliphatic hydroxyl groups excluding tert-OH is 1. The van der Waals surface area contributed by atoms with E-state index in [2.05, 4.69) is 5.32 Å². The van der Waals surface area contributed by atoms with E-state index >= 15 is 0 Å². The molecule has 1 unspecified atom stereocenters. The summed E-state index contributed by atoms with van der Waals surface area (Å²) in [5, 5.41) is 20.3. The number of carbonyl (C=O) groups excluding carboxylic acids is 1. The number of nitrogens with zero attached hydrogens (tertiary/aromatic N) is 1. The van der Waals surface area contributed by atoms with E-state index in [-0.39, 0.29) is 31.0 Å². The van der Waals surface area contributed by atoms with Crippen molar-refractivity contribution in [2.24, 2.45) is 5.92 Å². The normalized spacial score (nSPS) is 12.2. The lowest BCUT2D eigenvalue weighted by Gasteiger charge is -2.27. The molecule has 2 amide bonds. The maximum atomic E-state index is 12.0. The molecule has 0 bridgehead atoms. The summed E-state index contributed by atoms with van der Waals surface area (Å²) in [5.41, 5.74) is 0. The van der Waals surface area contributed by atoms with Crippen molar-refractivity contribution in [3.8, 4) is 0 Å². The summed E-state index contributed by atoms with van der Waals surface area (Å²) in [6.45, 7) is 7.01. The van der Waals surface area contributed by atoms with Gasteiger partial charge in [0.05, 0.1) is 0 Å². The minimum absolute atomic E-state index is 0.0721. The molecule has 0 aliphatic rings. The molecule has 0 aliphatic heterocycles. The van der Waals surface area contributed by atoms with Crippen molar-refractivity contribution in [2.45, 2.75) is 52.5 Å². The Morgan fingerprint density at radius 3 is 2.35 bits per heavy atom. The van der Waals surface area contributed by atoms with Gasteiger partial charge in [0.25, 0.3) is 0 Å². The summed E-state index contributed by atoms with van der Waals surface area (Å²) in [4.78, 5) is 24.1. The Labute approximate surface area is 121 Å². The quantitative estimate of drug-likeness (QED) is 0.570. The number of aliphatic carboxylic acids is 1. The minimum Gasteiger partial charge on any atom is -0.481 e. The molecule has 0 spiro atoms. The Kier molecular flexibility index (Phi) is 9.80. The maximum Gasteiger partial charge on any atom is 0.317 e. The maximum absolute atomic E-state index is 12.0. The van der Waals surface area contributed by atoms with Crippen LogP contribution in [0.3, 0.4) is 0 Å². The molecular formula is C14H28N2O4. The van der Waals surface area contributed by atoms with E-state index in [0.717, 1.165) is 6.42 Å². The van der Waals surface area contributed by atoms with Crippen LogP contribution in [0.25, 0.3) is 0 Å². The molecule has 0 aromatic rings. The van der Waals surface area contributed by atoms with Crippen LogP contribution in [0.4, 0.5) is 4.79 Å². The molecule has 6 heteroatoms. The summed E-state index contributed by atoms with van der Waals surface area (Å²) in [7, 11) is 0. The molecular weight excluding hydrogens is 260 g/mol. The predicted octanol–water partition coefficient (Wildman–Crippen LogP) is 1.68. The summed E-state index contributed by atoms with van der Waals surface area (Å²) in [6, 6.07) is -0.0372. The van der Waals surface area contributed by atoms with E-state index in [1.807, 2.05) is 20.8 Å². The fraction of sp³-hybridized carbons (Fsp3) is 0.857. The highest BCUT2D eigenvalue weighted by Crippen LogP contribution is 2.09. The Hall–Kier alpha value is -1.30. The molecule has 3 N–H and O–H groups in total. The van der Waals surface area contributed by atoms with Gasteiger partial charge in [-0.15, -0.1) is 0 Å². The van der Waals surface area contributed by atoms with Crippen molar-refractivity contribution in [1.29, 1.82) is 0 Å². The van der Waals surface area contributed by atoms with Crippen LogP contribution in [-0.4, -0.2) is 52.9 Å². The van der Waals surface area contributed by atoms with Crippen LogP contribution >= 0.6 is 0 Å². The number of hydrogen-bond donors (Lipinski definition) is 3. The third-order valence-electron chi connectivity index (χ3n) is 3.21. The highest BCUT2D eigenvalue weighted by molar-refractivity contribution is 5.74. The van der Waals surface area contributed by atoms with Gasteiger partial charge in [0.15, 0.2) is 0 Å². The van der Waals surface area contributed by atoms with E-state index in [0.29, 0.717) is 25.9 Å². The van der Waals surface area contributed by atoms with Crippen LogP contribution < -0.4 is 5.32 Å². The van der Waals surface area contributed by atoms with Gasteiger partial charge in [-0.1, -0.05) is 6.92 Å². The number of rotatable bonds is 10. The van der Waals surface area contributed by atoms with Gasteiger partial charge in [-0.05, 0) is 39.0 Å². The van der Waals surface area contributed by atoms with Crippen LogP contribution in [0.2, 0.25) is 0 Å². The van der Waals surface area contributed by atoms with Crippen LogP contribution in [-0.2, 0) is 4.79 Å². The lowest BCUT2D eigenvalue weighted by Crippen LogP contribution is -2.45. The fourth-order valence-electron chi connectivity index (χ4n) is 1.88. The van der Waals surface area contributed by atoms with Crippen molar-refractivity contribution in [2.75, 3.05) is 19.7 Å². The smallest absolute Gasteiger partial charge is 0.317 e. The molecule has 1 atom stereocenters. The molecule has 20 heavy (non-hydrogen) atoms. The van der Waals surface area contributed by atoms with Crippen LogP contribution in [0.5, 0.6) is 0 Å². The number of urea groups is 1. The van der Waals surface area contributed by atoms with E-state index < -0.39 is 5.97 Å². The fourth-order valence-corrected chi connectivity index (χ4v) is 1.88. The molecule has 0 fully saturated rings. The Morgan fingerprint density at radius 2 is 1.85 bits per heavy atom. The average Bonchev–Trinajstić information content (AvgIpc) is 2.36. The van der Waals surface area contributed by atoms with E-state index in [9.17, 15) is 9.59 Å². The standard InChI is InChI=1S/C14H28N2O4/c1-11(2)16(9-4-10-17)14(20)15-8-7-12(3)5-6-13(18)19/h11-12,17H,4-10H2,1-3H3,(H,15,20)(H,18,19). The number of hydrogen-bond acceptors (Lipinski definition) is 3. The lowest BCUT2D eigenvalue weighted by atomic mass is 10.0. The van der Waals surface area contributed by atoms with Gasteiger partial charge in [-0.25, -0.2) is 4.79 Å². The lowest BCUT2D eigenvalue weighted by molar-refractivity contribution is -0.137. The first-order valence-electron chi connectivity index (χ1n) is 7.25. The molecule has 0 saturated heterocycles. The number of amides is 2. The predicted molar refractivity (Wildman–Crippen MR) is 77.6 cm³/mol. The third kappa shape index (κ3) is 8.74. The van der Waals surface area contributed by atoms with E-state index in [4.69, 9.17) is 10.2 Å². The Bertz CT molecular complexity index is 295. The molecule has 118 valence electrons.